The van der Waals surface area contributed by atoms with E-state index in [4.69, 9.17) is 5.26 Å². The second-order valence-corrected chi connectivity index (χ2v) is 3.24. The first-order valence-electron chi connectivity index (χ1n) is 3.76. The predicted molar refractivity (Wildman–Crippen MR) is 37.0 cm³/mol. The molecule has 0 heterocycles. The van der Waals surface area contributed by atoms with Gasteiger partial charge < -0.3 is 0 Å². The zero-order chi connectivity index (χ0) is 7.56. The summed E-state index contributed by atoms with van der Waals surface area (Å²) in [6.07, 6.45) is 1.27. The molecule has 1 aliphatic carbocycles. The lowest BCUT2D eigenvalue weighted by molar-refractivity contribution is 0.180. The van der Waals surface area contributed by atoms with E-state index in [0.717, 1.165) is 6.42 Å². The number of nitriles is 1. The summed E-state index contributed by atoms with van der Waals surface area (Å²) in [4.78, 5) is 0. The highest BCUT2D eigenvalue weighted by Crippen LogP contribution is 2.29. The molecule has 1 fully saturated rings. The van der Waals surface area contributed by atoms with Gasteiger partial charge in [0.25, 0.3) is 0 Å². The smallest absolute Gasteiger partial charge is 0.102 e. The van der Waals surface area contributed by atoms with Crippen molar-refractivity contribution < 1.29 is 4.39 Å². The van der Waals surface area contributed by atoms with Crippen molar-refractivity contribution in [3.8, 4) is 6.07 Å². The molecule has 0 spiro atoms. The van der Waals surface area contributed by atoms with Crippen molar-refractivity contribution >= 4 is 0 Å². The molecule has 10 heavy (non-hydrogen) atoms. The largest absolute Gasteiger partial charge is 0.247 e. The van der Waals surface area contributed by atoms with Gasteiger partial charge in [0.15, 0.2) is 0 Å². The van der Waals surface area contributed by atoms with Crippen molar-refractivity contribution in [2.24, 2.45) is 11.8 Å². The van der Waals surface area contributed by atoms with Gasteiger partial charge in [-0.15, -0.1) is 0 Å². The Morgan fingerprint density at radius 2 is 2.10 bits per heavy atom. The molecule has 1 nitrogen and oxygen atoms in total. The van der Waals surface area contributed by atoms with Gasteiger partial charge in [-0.05, 0) is 25.2 Å². The maximum Gasteiger partial charge on any atom is 0.102 e. The van der Waals surface area contributed by atoms with Gasteiger partial charge >= 0.3 is 0 Å². The van der Waals surface area contributed by atoms with Gasteiger partial charge in [0, 0.05) is 5.92 Å². The Morgan fingerprint density at radius 3 is 2.60 bits per heavy atom. The van der Waals surface area contributed by atoms with Crippen LogP contribution in [0.1, 0.15) is 26.2 Å². The van der Waals surface area contributed by atoms with E-state index in [0.29, 0.717) is 18.8 Å². The lowest BCUT2D eigenvalue weighted by Gasteiger charge is -2.24. The number of hydrogen-bond acceptors (Lipinski definition) is 1. The van der Waals surface area contributed by atoms with E-state index in [1.54, 1.807) is 0 Å². The maximum atomic E-state index is 12.7. The van der Waals surface area contributed by atoms with Crippen LogP contribution in [0, 0.1) is 23.2 Å². The molecule has 0 radical (unpaired) electrons. The number of alkyl halides is 1. The fraction of sp³-hybridized carbons (Fsp3) is 0.875. The van der Waals surface area contributed by atoms with Gasteiger partial charge in [-0.25, -0.2) is 4.39 Å². The van der Waals surface area contributed by atoms with Crippen LogP contribution in [-0.2, 0) is 0 Å². The average Bonchev–Trinajstić information content (AvgIpc) is 1.85. The summed E-state index contributed by atoms with van der Waals surface area (Å²) in [5.74, 6) is 0.368. The molecule has 0 aromatic rings. The molecule has 1 aliphatic rings. The Morgan fingerprint density at radius 1 is 1.40 bits per heavy atom. The van der Waals surface area contributed by atoms with E-state index in [-0.39, 0.29) is 5.92 Å². The molecule has 0 amide bonds. The highest BCUT2D eigenvalue weighted by molar-refractivity contribution is 4.89. The molecule has 1 unspecified atom stereocenters. The Hall–Kier alpha value is -0.580. The molecule has 1 rings (SSSR count). The molecule has 1 saturated carbocycles. The van der Waals surface area contributed by atoms with Crippen molar-refractivity contribution in [2.45, 2.75) is 32.4 Å². The van der Waals surface area contributed by atoms with Crippen LogP contribution < -0.4 is 0 Å². The summed E-state index contributed by atoms with van der Waals surface area (Å²) in [7, 11) is 0. The van der Waals surface area contributed by atoms with Crippen LogP contribution in [0.2, 0.25) is 0 Å². The van der Waals surface area contributed by atoms with E-state index < -0.39 is 6.17 Å². The van der Waals surface area contributed by atoms with E-state index in [2.05, 4.69) is 6.07 Å². The molecule has 0 aromatic heterocycles. The predicted octanol–water partition coefficient (Wildman–Crippen LogP) is 2.28. The number of nitrogens with zero attached hydrogens (tertiary/aromatic N) is 1. The van der Waals surface area contributed by atoms with Gasteiger partial charge in [-0.1, -0.05) is 6.92 Å². The van der Waals surface area contributed by atoms with E-state index >= 15 is 0 Å². The van der Waals surface area contributed by atoms with Crippen LogP contribution in [0.3, 0.4) is 0 Å². The molecule has 3 atom stereocenters. The molecule has 0 N–H and O–H groups in total. The molecular formula is C8H12FN. The maximum absolute atomic E-state index is 12.7. The third kappa shape index (κ3) is 1.70. The topological polar surface area (TPSA) is 23.8 Å². The fourth-order valence-corrected chi connectivity index (χ4v) is 1.63. The number of hydrogen-bond donors (Lipinski definition) is 0. The summed E-state index contributed by atoms with van der Waals surface area (Å²) in [6.45, 7) is 2.01. The lowest BCUT2D eigenvalue weighted by atomic mass is 9.82. The molecule has 0 bridgehead atoms. The lowest BCUT2D eigenvalue weighted by Crippen LogP contribution is -2.20. The van der Waals surface area contributed by atoms with Gasteiger partial charge in [0.2, 0.25) is 0 Å². The Bertz CT molecular complexity index is 140. The third-order valence-corrected chi connectivity index (χ3v) is 2.07. The SMILES string of the molecule is C[C@@H]1CC(F)C[C@H](C#N)C1. The molecular weight excluding hydrogens is 129 g/mol. The minimum absolute atomic E-state index is 0.0289. The normalized spacial score (nSPS) is 40.7. The molecule has 0 saturated heterocycles. The molecule has 0 aliphatic heterocycles. The second-order valence-electron chi connectivity index (χ2n) is 3.24. The van der Waals surface area contributed by atoms with Gasteiger partial charge in [-0.3, -0.25) is 0 Å². The van der Waals surface area contributed by atoms with Crippen molar-refractivity contribution in [1.29, 1.82) is 5.26 Å². The summed E-state index contributed by atoms with van der Waals surface area (Å²) < 4.78 is 12.7. The van der Waals surface area contributed by atoms with Crippen LogP contribution in [0.15, 0.2) is 0 Å². The Labute approximate surface area is 60.8 Å². The first-order chi connectivity index (χ1) is 4.72. The number of rotatable bonds is 0. The highest BCUT2D eigenvalue weighted by atomic mass is 19.1. The number of halogens is 1. The zero-order valence-electron chi connectivity index (χ0n) is 6.18. The monoisotopic (exact) mass is 141 g/mol. The van der Waals surface area contributed by atoms with Gasteiger partial charge in [-0.2, -0.15) is 5.26 Å². The minimum atomic E-state index is -0.728. The van der Waals surface area contributed by atoms with E-state index in [1.165, 1.54) is 0 Å². The van der Waals surface area contributed by atoms with E-state index in [1.807, 2.05) is 6.92 Å². The first-order valence-corrected chi connectivity index (χ1v) is 3.76. The van der Waals surface area contributed by atoms with Crippen molar-refractivity contribution in [3.05, 3.63) is 0 Å². The zero-order valence-corrected chi connectivity index (χ0v) is 6.18. The van der Waals surface area contributed by atoms with Gasteiger partial charge in [0.1, 0.15) is 6.17 Å². The molecule has 0 aromatic carbocycles. The molecule has 56 valence electrons. The Balaban J connectivity index is 2.44. The van der Waals surface area contributed by atoms with Crippen LogP contribution in [0.4, 0.5) is 4.39 Å². The van der Waals surface area contributed by atoms with Crippen LogP contribution in [-0.4, -0.2) is 6.17 Å². The van der Waals surface area contributed by atoms with Crippen molar-refractivity contribution in [2.75, 3.05) is 0 Å². The summed E-state index contributed by atoms with van der Waals surface area (Å²) >= 11 is 0. The van der Waals surface area contributed by atoms with Crippen molar-refractivity contribution in [3.63, 3.8) is 0 Å². The fourth-order valence-electron chi connectivity index (χ4n) is 1.63. The summed E-state index contributed by atoms with van der Waals surface area (Å²) in [5, 5.41) is 8.51. The highest BCUT2D eigenvalue weighted by Gasteiger charge is 2.25. The Kier molecular flexibility index (Phi) is 2.26. The third-order valence-electron chi connectivity index (χ3n) is 2.07. The minimum Gasteiger partial charge on any atom is -0.247 e. The quantitative estimate of drug-likeness (QED) is 0.507. The summed E-state index contributed by atoms with van der Waals surface area (Å²) in [6, 6.07) is 2.12. The standard InChI is InChI=1S/C8H12FN/c1-6-2-7(5-10)4-8(9)3-6/h6-8H,2-4H2,1H3/t6-,7+,8?/m0/s1. The van der Waals surface area contributed by atoms with Crippen LogP contribution >= 0.6 is 0 Å². The second kappa shape index (κ2) is 3.01. The van der Waals surface area contributed by atoms with Gasteiger partial charge in [0.05, 0.1) is 6.07 Å². The first kappa shape index (κ1) is 7.53. The van der Waals surface area contributed by atoms with Crippen LogP contribution in [0.5, 0.6) is 0 Å². The van der Waals surface area contributed by atoms with E-state index in [9.17, 15) is 4.39 Å². The van der Waals surface area contributed by atoms with Crippen LogP contribution in [0.25, 0.3) is 0 Å². The molecule has 2 heteroatoms. The summed E-state index contributed by atoms with van der Waals surface area (Å²) in [5.41, 5.74) is 0. The van der Waals surface area contributed by atoms with Crippen molar-refractivity contribution in [1.82, 2.24) is 0 Å². The average molecular weight is 141 g/mol.